The van der Waals surface area contributed by atoms with Crippen molar-refractivity contribution in [1.29, 1.82) is 0 Å². The first-order chi connectivity index (χ1) is 15.3. The van der Waals surface area contributed by atoms with Crippen LogP contribution in [0.25, 0.3) is 22.2 Å². The Morgan fingerprint density at radius 2 is 1.45 bits per heavy atom. The van der Waals surface area contributed by atoms with E-state index < -0.39 is 0 Å². The third-order valence-electron chi connectivity index (χ3n) is 6.66. The van der Waals surface area contributed by atoms with E-state index in [-0.39, 0.29) is 6.04 Å². The average molecular weight is 411 g/mol. The van der Waals surface area contributed by atoms with Gasteiger partial charge < -0.3 is 9.30 Å². The van der Waals surface area contributed by atoms with Gasteiger partial charge in [-0.15, -0.1) is 0 Å². The molecule has 3 aromatic carbocycles. The third kappa shape index (κ3) is 3.53. The third-order valence-corrected chi connectivity index (χ3v) is 6.66. The van der Waals surface area contributed by atoms with Crippen molar-refractivity contribution < 1.29 is 4.74 Å². The number of para-hydroxylation sites is 2. The smallest absolute Gasteiger partial charge is 0.123 e. The average Bonchev–Trinajstić information content (AvgIpc) is 3.13. The predicted molar refractivity (Wildman–Crippen MR) is 129 cm³/mol. The van der Waals surface area contributed by atoms with Crippen LogP contribution in [0.4, 0.5) is 0 Å². The monoisotopic (exact) mass is 410 g/mol. The summed E-state index contributed by atoms with van der Waals surface area (Å²) in [5.41, 5.74) is 6.46. The Morgan fingerprint density at radius 3 is 2.23 bits per heavy atom. The summed E-state index contributed by atoms with van der Waals surface area (Å²) in [5, 5.41) is 1.32. The Morgan fingerprint density at radius 1 is 0.774 bits per heavy atom. The lowest BCUT2D eigenvalue weighted by Crippen LogP contribution is -2.34. The second kappa shape index (κ2) is 8.60. The molecule has 5 rings (SSSR count). The summed E-state index contributed by atoms with van der Waals surface area (Å²) in [6, 6.07) is 28.3. The molecule has 1 aromatic heterocycles. The van der Waals surface area contributed by atoms with Gasteiger partial charge in [0.05, 0.1) is 18.8 Å². The molecule has 1 saturated heterocycles. The first-order valence-corrected chi connectivity index (χ1v) is 11.3. The molecular formula is C28H30N2O. The van der Waals surface area contributed by atoms with Crippen molar-refractivity contribution in [3.8, 4) is 17.0 Å². The largest absolute Gasteiger partial charge is 0.496 e. The first-order valence-electron chi connectivity index (χ1n) is 11.3. The highest BCUT2D eigenvalue weighted by atomic mass is 16.5. The van der Waals surface area contributed by atoms with Gasteiger partial charge in [0.2, 0.25) is 0 Å². The molecule has 4 aromatic rings. The second-order valence-corrected chi connectivity index (χ2v) is 8.45. The van der Waals surface area contributed by atoms with Gasteiger partial charge in [-0.3, -0.25) is 4.90 Å². The van der Waals surface area contributed by atoms with E-state index >= 15 is 0 Å². The highest BCUT2D eigenvalue weighted by molar-refractivity contribution is 5.93. The summed E-state index contributed by atoms with van der Waals surface area (Å²) in [6.45, 7) is 2.22. The Balaban J connectivity index is 1.83. The van der Waals surface area contributed by atoms with Crippen molar-refractivity contribution in [2.75, 3.05) is 20.2 Å². The minimum atomic E-state index is 0.151. The molecule has 3 nitrogen and oxygen atoms in total. The van der Waals surface area contributed by atoms with Crippen LogP contribution in [0.5, 0.6) is 5.75 Å². The van der Waals surface area contributed by atoms with E-state index in [1.807, 2.05) is 0 Å². The van der Waals surface area contributed by atoms with Gasteiger partial charge in [0.25, 0.3) is 0 Å². The van der Waals surface area contributed by atoms with E-state index in [1.54, 1.807) is 7.11 Å². The fourth-order valence-electron chi connectivity index (χ4n) is 5.25. The molecule has 31 heavy (non-hydrogen) atoms. The van der Waals surface area contributed by atoms with E-state index in [9.17, 15) is 0 Å². The van der Waals surface area contributed by atoms with Crippen LogP contribution in [0.15, 0.2) is 78.9 Å². The van der Waals surface area contributed by atoms with Crippen LogP contribution in [0.2, 0.25) is 0 Å². The van der Waals surface area contributed by atoms with Gasteiger partial charge in [0.1, 0.15) is 5.75 Å². The Hall–Kier alpha value is -3.04. The van der Waals surface area contributed by atoms with Crippen molar-refractivity contribution in [1.82, 2.24) is 9.47 Å². The molecule has 2 heterocycles. The van der Waals surface area contributed by atoms with E-state index in [4.69, 9.17) is 4.74 Å². The maximum absolute atomic E-state index is 5.87. The molecule has 158 valence electrons. The zero-order chi connectivity index (χ0) is 21.2. The molecule has 0 N–H and O–H groups in total. The standard InChI is InChI=1S/C28H30N2O/c1-29-24-17-9-7-15-22(24)26(27(29)21-13-5-3-6-14-21)28(30-19-11-4-12-20-30)23-16-8-10-18-25(23)31-2/h3,5-10,13-18,28H,4,11-12,19-20H2,1-2H3. The number of piperidine rings is 1. The number of fused-ring (bicyclic) bond motifs is 1. The topological polar surface area (TPSA) is 17.4 Å². The first kappa shape index (κ1) is 19.9. The van der Waals surface area contributed by atoms with Crippen molar-refractivity contribution >= 4 is 10.9 Å². The summed E-state index contributed by atoms with van der Waals surface area (Å²) in [6.07, 6.45) is 3.81. The number of hydrogen-bond acceptors (Lipinski definition) is 2. The van der Waals surface area contributed by atoms with Crippen LogP contribution in [0.1, 0.15) is 36.4 Å². The van der Waals surface area contributed by atoms with Crippen LogP contribution in [-0.4, -0.2) is 29.7 Å². The van der Waals surface area contributed by atoms with Gasteiger partial charge in [-0.2, -0.15) is 0 Å². The molecule has 3 heteroatoms. The minimum absolute atomic E-state index is 0.151. The zero-order valence-corrected chi connectivity index (χ0v) is 18.4. The van der Waals surface area contributed by atoms with Gasteiger partial charge in [0, 0.05) is 29.1 Å². The van der Waals surface area contributed by atoms with Gasteiger partial charge in [0.15, 0.2) is 0 Å². The maximum Gasteiger partial charge on any atom is 0.123 e. The van der Waals surface area contributed by atoms with Gasteiger partial charge in [-0.25, -0.2) is 0 Å². The van der Waals surface area contributed by atoms with Gasteiger partial charge in [-0.1, -0.05) is 73.2 Å². The number of benzene rings is 3. The van der Waals surface area contributed by atoms with Crippen LogP contribution in [-0.2, 0) is 7.05 Å². The van der Waals surface area contributed by atoms with E-state index in [0.29, 0.717) is 0 Å². The number of methoxy groups -OCH3 is 1. The summed E-state index contributed by atoms with van der Waals surface area (Å²) in [7, 11) is 3.98. The van der Waals surface area contributed by atoms with E-state index in [1.165, 1.54) is 52.5 Å². The second-order valence-electron chi connectivity index (χ2n) is 8.45. The highest BCUT2D eigenvalue weighted by Gasteiger charge is 2.32. The number of likely N-dealkylation sites (tertiary alicyclic amines) is 1. The van der Waals surface area contributed by atoms with Gasteiger partial charge in [-0.05, 0) is 43.6 Å². The fraction of sp³-hybridized carbons (Fsp3) is 0.286. The van der Waals surface area contributed by atoms with Crippen LogP contribution < -0.4 is 4.74 Å². The van der Waals surface area contributed by atoms with Gasteiger partial charge >= 0.3 is 0 Å². The molecule has 1 aliphatic heterocycles. The summed E-state index contributed by atoms with van der Waals surface area (Å²) in [5.74, 6) is 0.963. The summed E-state index contributed by atoms with van der Waals surface area (Å²) < 4.78 is 8.24. The molecule has 1 aliphatic rings. The molecule has 0 amide bonds. The predicted octanol–water partition coefficient (Wildman–Crippen LogP) is 6.43. The maximum atomic E-state index is 5.87. The summed E-state index contributed by atoms with van der Waals surface area (Å²) in [4.78, 5) is 2.66. The quantitative estimate of drug-likeness (QED) is 0.377. The lowest BCUT2D eigenvalue weighted by atomic mass is 9.90. The summed E-state index contributed by atoms with van der Waals surface area (Å²) >= 11 is 0. The molecule has 0 saturated carbocycles. The zero-order valence-electron chi connectivity index (χ0n) is 18.4. The van der Waals surface area contributed by atoms with Crippen molar-refractivity contribution in [2.45, 2.75) is 25.3 Å². The molecule has 0 bridgehead atoms. The molecule has 1 fully saturated rings. The van der Waals surface area contributed by atoms with Crippen molar-refractivity contribution in [3.05, 3.63) is 90.0 Å². The van der Waals surface area contributed by atoms with E-state index in [2.05, 4.69) is 95.4 Å². The number of hydrogen-bond donors (Lipinski definition) is 0. The number of aromatic nitrogens is 1. The van der Waals surface area contributed by atoms with Crippen LogP contribution in [0.3, 0.4) is 0 Å². The fourth-order valence-corrected chi connectivity index (χ4v) is 5.25. The SMILES string of the molecule is COc1ccccc1C(c1c(-c2ccccc2)n(C)c2ccccc12)N1CCCCC1. The highest BCUT2D eigenvalue weighted by Crippen LogP contribution is 2.45. The molecule has 0 aliphatic carbocycles. The van der Waals surface area contributed by atoms with Crippen molar-refractivity contribution in [2.24, 2.45) is 7.05 Å². The number of nitrogens with zero attached hydrogens (tertiary/aromatic N) is 2. The Bertz CT molecular complexity index is 1170. The molecular weight excluding hydrogens is 380 g/mol. The molecule has 1 atom stereocenters. The lowest BCUT2D eigenvalue weighted by molar-refractivity contribution is 0.185. The van der Waals surface area contributed by atoms with E-state index in [0.717, 1.165) is 18.8 Å². The van der Waals surface area contributed by atoms with Crippen LogP contribution >= 0.6 is 0 Å². The number of rotatable bonds is 5. The lowest BCUT2D eigenvalue weighted by Gasteiger charge is -2.36. The normalized spacial score (nSPS) is 15.8. The molecule has 0 spiro atoms. The molecule has 0 radical (unpaired) electrons. The Kier molecular flexibility index (Phi) is 5.52. The molecule has 1 unspecified atom stereocenters. The Labute approximate surface area is 184 Å². The van der Waals surface area contributed by atoms with Crippen LogP contribution in [0, 0.1) is 0 Å². The minimum Gasteiger partial charge on any atom is -0.496 e. The van der Waals surface area contributed by atoms with Crippen molar-refractivity contribution in [3.63, 3.8) is 0 Å². The number of ether oxygens (including phenoxy) is 1. The number of aryl methyl sites for hydroxylation is 1.